The molecule has 6 heteroatoms. The summed E-state index contributed by atoms with van der Waals surface area (Å²) in [5.74, 6) is 0.210. The van der Waals surface area contributed by atoms with E-state index < -0.39 is 0 Å². The Kier molecular flexibility index (Phi) is 4.43. The fourth-order valence-electron chi connectivity index (χ4n) is 1.62. The second-order valence-corrected chi connectivity index (χ2v) is 6.07. The summed E-state index contributed by atoms with van der Waals surface area (Å²) in [5.41, 5.74) is 0.908. The molecule has 0 spiro atoms. The predicted octanol–water partition coefficient (Wildman–Crippen LogP) is 3.40. The smallest absolute Gasteiger partial charge is 0.254 e. The topological polar surface area (TPSA) is 66.9 Å². The second kappa shape index (κ2) is 6.10. The fourth-order valence-corrected chi connectivity index (χ4v) is 1.81. The minimum Gasteiger partial charge on any atom is -0.347 e. The number of rotatable bonds is 3. The zero-order valence-electron chi connectivity index (χ0n) is 12.1. The van der Waals surface area contributed by atoms with Crippen molar-refractivity contribution in [3.8, 4) is 0 Å². The monoisotopic (exact) mass is 304 g/mol. The molecule has 2 N–H and O–H groups in total. The van der Waals surface area contributed by atoms with Gasteiger partial charge in [0, 0.05) is 28.6 Å². The largest absolute Gasteiger partial charge is 0.347 e. The van der Waals surface area contributed by atoms with Gasteiger partial charge in [0.2, 0.25) is 5.95 Å². The number of nitrogens with zero attached hydrogens (tertiary/aromatic N) is 2. The third kappa shape index (κ3) is 4.72. The van der Waals surface area contributed by atoms with Crippen LogP contribution < -0.4 is 10.6 Å². The van der Waals surface area contributed by atoms with Gasteiger partial charge in [0.25, 0.3) is 5.91 Å². The number of benzene rings is 1. The highest BCUT2D eigenvalue weighted by molar-refractivity contribution is 6.30. The molecule has 0 bridgehead atoms. The van der Waals surface area contributed by atoms with E-state index in [0.29, 0.717) is 16.5 Å². The van der Waals surface area contributed by atoms with Crippen LogP contribution in [0.5, 0.6) is 0 Å². The van der Waals surface area contributed by atoms with E-state index in [-0.39, 0.29) is 11.4 Å². The Bertz CT molecular complexity index is 635. The van der Waals surface area contributed by atoms with Gasteiger partial charge in [-0.1, -0.05) is 17.7 Å². The average molecular weight is 305 g/mol. The summed E-state index contributed by atoms with van der Waals surface area (Å²) in [4.78, 5) is 20.2. The fraction of sp³-hybridized carbons (Fsp3) is 0.267. The van der Waals surface area contributed by atoms with Gasteiger partial charge in [0.1, 0.15) is 0 Å². The van der Waals surface area contributed by atoms with Crippen LogP contribution in [0, 0.1) is 0 Å². The maximum absolute atomic E-state index is 11.9. The number of hydrogen-bond acceptors (Lipinski definition) is 4. The normalized spacial score (nSPS) is 11.0. The van der Waals surface area contributed by atoms with Crippen LogP contribution in [-0.2, 0) is 0 Å². The molecule has 0 fully saturated rings. The van der Waals surface area contributed by atoms with Gasteiger partial charge in [-0.25, -0.2) is 9.97 Å². The zero-order chi connectivity index (χ0) is 15.5. The summed E-state index contributed by atoms with van der Waals surface area (Å²) in [6.07, 6.45) is 2.97. The summed E-state index contributed by atoms with van der Waals surface area (Å²) in [6, 6.07) is 7.24. The zero-order valence-corrected chi connectivity index (χ0v) is 12.9. The second-order valence-electron chi connectivity index (χ2n) is 5.63. The molecular weight excluding hydrogens is 288 g/mol. The summed E-state index contributed by atoms with van der Waals surface area (Å²) < 4.78 is 0. The van der Waals surface area contributed by atoms with Gasteiger partial charge in [0.05, 0.1) is 5.56 Å². The molecule has 0 aliphatic heterocycles. The molecule has 0 saturated heterocycles. The molecule has 1 heterocycles. The van der Waals surface area contributed by atoms with Crippen molar-refractivity contribution in [2.24, 2.45) is 0 Å². The van der Waals surface area contributed by atoms with Crippen molar-refractivity contribution in [1.82, 2.24) is 15.3 Å². The number of aromatic nitrogens is 2. The van der Waals surface area contributed by atoms with Crippen LogP contribution in [0.25, 0.3) is 0 Å². The first-order valence-corrected chi connectivity index (χ1v) is 6.88. The highest BCUT2D eigenvalue weighted by Gasteiger charge is 2.15. The predicted molar refractivity (Wildman–Crippen MR) is 84.0 cm³/mol. The molecule has 2 rings (SSSR count). The minimum atomic E-state index is -0.297. The van der Waals surface area contributed by atoms with Crippen LogP contribution in [-0.4, -0.2) is 21.4 Å². The molecular formula is C15H17ClN4O. The molecule has 0 aliphatic rings. The molecule has 110 valence electrons. The van der Waals surface area contributed by atoms with E-state index in [0.717, 1.165) is 5.69 Å². The first-order valence-electron chi connectivity index (χ1n) is 6.51. The summed E-state index contributed by atoms with van der Waals surface area (Å²) in [6.45, 7) is 5.75. The lowest BCUT2D eigenvalue weighted by atomic mass is 10.1. The lowest BCUT2D eigenvalue weighted by molar-refractivity contribution is 0.0919. The summed E-state index contributed by atoms with van der Waals surface area (Å²) in [7, 11) is 0. The first-order chi connectivity index (χ1) is 9.83. The number of nitrogens with one attached hydrogen (secondary N) is 2. The SMILES string of the molecule is CC(C)(C)NC(=O)c1cnc(Nc2cccc(Cl)c2)nc1. The Morgan fingerprint density at radius 3 is 2.43 bits per heavy atom. The standard InChI is InChI=1S/C15H17ClN4O/c1-15(2,3)20-13(21)10-8-17-14(18-9-10)19-12-6-4-5-11(16)7-12/h4-9H,1-3H3,(H,20,21)(H,17,18,19). The van der Waals surface area contributed by atoms with E-state index in [4.69, 9.17) is 11.6 Å². The Balaban J connectivity index is 2.07. The van der Waals surface area contributed by atoms with Gasteiger partial charge < -0.3 is 10.6 Å². The highest BCUT2D eigenvalue weighted by Crippen LogP contribution is 2.17. The van der Waals surface area contributed by atoms with E-state index in [1.54, 1.807) is 12.1 Å². The molecule has 0 atom stereocenters. The van der Waals surface area contributed by atoms with Crippen LogP contribution in [0.1, 0.15) is 31.1 Å². The van der Waals surface area contributed by atoms with E-state index in [1.165, 1.54) is 12.4 Å². The van der Waals surface area contributed by atoms with Crippen molar-refractivity contribution >= 4 is 29.1 Å². The molecule has 5 nitrogen and oxygen atoms in total. The number of carbonyl (C=O) groups excluding carboxylic acids is 1. The van der Waals surface area contributed by atoms with Gasteiger partial charge in [0.15, 0.2) is 0 Å². The average Bonchev–Trinajstić information content (AvgIpc) is 2.37. The molecule has 0 radical (unpaired) electrons. The van der Waals surface area contributed by atoms with Gasteiger partial charge in [-0.05, 0) is 39.0 Å². The molecule has 0 unspecified atom stereocenters. The maximum atomic E-state index is 11.9. The molecule has 1 aromatic carbocycles. The van der Waals surface area contributed by atoms with Gasteiger partial charge in [-0.3, -0.25) is 4.79 Å². The van der Waals surface area contributed by atoms with E-state index in [1.807, 2.05) is 32.9 Å². The van der Waals surface area contributed by atoms with Crippen molar-refractivity contribution in [3.05, 3.63) is 47.2 Å². The molecule has 21 heavy (non-hydrogen) atoms. The third-order valence-electron chi connectivity index (χ3n) is 2.48. The molecule has 1 amide bonds. The Labute approximate surface area is 128 Å². The van der Waals surface area contributed by atoms with Crippen molar-refractivity contribution in [1.29, 1.82) is 0 Å². The van der Waals surface area contributed by atoms with Crippen LogP contribution in [0.4, 0.5) is 11.6 Å². The first kappa shape index (κ1) is 15.3. The summed E-state index contributed by atoms with van der Waals surface area (Å²) in [5, 5.41) is 6.50. The number of hydrogen-bond donors (Lipinski definition) is 2. The van der Waals surface area contributed by atoms with Crippen LogP contribution in [0.15, 0.2) is 36.7 Å². The van der Waals surface area contributed by atoms with Crippen LogP contribution in [0.2, 0.25) is 5.02 Å². The van der Waals surface area contributed by atoms with Gasteiger partial charge in [-0.15, -0.1) is 0 Å². The number of amides is 1. The minimum absolute atomic E-state index is 0.197. The van der Waals surface area contributed by atoms with Gasteiger partial charge >= 0.3 is 0 Å². The van der Waals surface area contributed by atoms with Crippen molar-refractivity contribution in [2.45, 2.75) is 26.3 Å². The maximum Gasteiger partial charge on any atom is 0.254 e. The molecule has 2 aromatic rings. The number of anilines is 2. The van der Waals surface area contributed by atoms with E-state index in [9.17, 15) is 4.79 Å². The third-order valence-corrected chi connectivity index (χ3v) is 2.72. The number of halogens is 1. The van der Waals surface area contributed by atoms with Crippen molar-refractivity contribution < 1.29 is 4.79 Å². The molecule has 0 saturated carbocycles. The Morgan fingerprint density at radius 2 is 1.86 bits per heavy atom. The Morgan fingerprint density at radius 1 is 1.19 bits per heavy atom. The summed E-state index contributed by atoms with van der Waals surface area (Å²) >= 11 is 5.91. The lowest BCUT2D eigenvalue weighted by Gasteiger charge is -2.20. The molecule has 1 aromatic heterocycles. The Hall–Kier alpha value is -2.14. The number of carbonyl (C=O) groups is 1. The lowest BCUT2D eigenvalue weighted by Crippen LogP contribution is -2.40. The van der Waals surface area contributed by atoms with E-state index in [2.05, 4.69) is 20.6 Å². The van der Waals surface area contributed by atoms with Crippen molar-refractivity contribution in [3.63, 3.8) is 0 Å². The van der Waals surface area contributed by atoms with Gasteiger partial charge in [-0.2, -0.15) is 0 Å². The molecule has 0 aliphatic carbocycles. The highest BCUT2D eigenvalue weighted by atomic mass is 35.5. The van der Waals surface area contributed by atoms with Crippen molar-refractivity contribution in [2.75, 3.05) is 5.32 Å². The van der Waals surface area contributed by atoms with Crippen LogP contribution >= 0.6 is 11.6 Å². The van der Waals surface area contributed by atoms with Crippen LogP contribution in [0.3, 0.4) is 0 Å². The quantitative estimate of drug-likeness (QED) is 0.912. The van der Waals surface area contributed by atoms with E-state index >= 15 is 0 Å².